The maximum Gasteiger partial charge on any atom is 0.306 e. The quantitative estimate of drug-likeness (QED) is 0.0156. The summed E-state index contributed by atoms with van der Waals surface area (Å²) in [5.74, 6) is -0.871. The van der Waals surface area contributed by atoms with Crippen molar-refractivity contribution in [3.8, 4) is 0 Å². The Kier molecular flexibility index (Phi) is 27.8. The maximum atomic E-state index is 12.6. The number of allylic oxidation sites excluding steroid dienone is 3. The highest BCUT2D eigenvalue weighted by Crippen LogP contribution is 2.38. The smallest absolute Gasteiger partial charge is 0.306 e. The van der Waals surface area contributed by atoms with Crippen molar-refractivity contribution in [2.24, 2.45) is 0 Å². The molecule has 1 fully saturated rings. The van der Waals surface area contributed by atoms with E-state index < -0.39 is 32.5 Å². The molecule has 1 aliphatic heterocycles. The number of phosphoric ester groups is 1. The van der Waals surface area contributed by atoms with Crippen LogP contribution in [0.4, 0.5) is 0 Å². The topological polar surface area (TPSA) is 124 Å². The van der Waals surface area contributed by atoms with Gasteiger partial charge in [0, 0.05) is 12.8 Å². The van der Waals surface area contributed by atoms with Crippen molar-refractivity contribution in [2.75, 3.05) is 47.5 Å². The third-order valence-electron chi connectivity index (χ3n) is 8.87. The lowest BCUT2D eigenvalue weighted by Gasteiger charge is -2.28. The van der Waals surface area contributed by atoms with Crippen LogP contribution in [0, 0.1) is 0 Å². The molecule has 10 nitrogen and oxygen atoms in total. The number of hydrogen-bond acceptors (Lipinski definition) is 9. The van der Waals surface area contributed by atoms with Gasteiger partial charge in [0.05, 0.1) is 40.0 Å². The largest absolute Gasteiger partial charge is 0.756 e. The van der Waals surface area contributed by atoms with Crippen molar-refractivity contribution in [1.82, 2.24) is 0 Å². The summed E-state index contributed by atoms with van der Waals surface area (Å²) in [5, 5.41) is 0. The minimum Gasteiger partial charge on any atom is -0.756 e. The second kappa shape index (κ2) is 29.9. The van der Waals surface area contributed by atoms with E-state index in [1.807, 2.05) is 21.1 Å². The highest BCUT2D eigenvalue weighted by molar-refractivity contribution is 7.45. The minimum atomic E-state index is -4.63. The van der Waals surface area contributed by atoms with E-state index in [2.05, 4.69) is 38.2 Å². The first kappa shape index (κ1) is 47.5. The van der Waals surface area contributed by atoms with E-state index in [1.165, 1.54) is 32.1 Å². The summed E-state index contributed by atoms with van der Waals surface area (Å²) in [6.45, 7) is 4.10. The number of epoxide rings is 1. The van der Waals surface area contributed by atoms with Crippen LogP contribution in [0.15, 0.2) is 24.3 Å². The highest BCUT2D eigenvalue weighted by Gasteiger charge is 2.36. The highest BCUT2D eigenvalue weighted by atomic mass is 31.2. The van der Waals surface area contributed by atoms with Crippen molar-refractivity contribution in [3.05, 3.63) is 24.3 Å². The van der Waals surface area contributed by atoms with Gasteiger partial charge in [-0.2, -0.15) is 0 Å². The molecule has 0 saturated carbocycles. The van der Waals surface area contributed by atoms with Crippen molar-refractivity contribution in [1.29, 1.82) is 0 Å². The number of likely N-dealkylation sites (N-methyl/N-ethyl adjacent to an activating group) is 1. The molecule has 0 aliphatic carbocycles. The summed E-state index contributed by atoms with van der Waals surface area (Å²) in [6.07, 6.45) is 30.8. The lowest BCUT2D eigenvalue weighted by atomic mass is 10.1. The Labute approximate surface area is 311 Å². The average Bonchev–Trinajstić information content (AvgIpc) is 3.83. The predicted octanol–water partition coefficient (Wildman–Crippen LogP) is 9.15. The van der Waals surface area contributed by atoms with Gasteiger partial charge in [0.2, 0.25) is 0 Å². The van der Waals surface area contributed by atoms with E-state index in [-0.39, 0.29) is 26.1 Å². The second-order valence-corrected chi connectivity index (χ2v) is 16.4. The number of rotatable bonds is 35. The zero-order chi connectivity index (χ0) is 37.6. The van der Waals surface area contributed by atoms with Gasteiger partial charge in [0.15, 0.2) is 6.10 Å². The fraction of sp³-hybridized carbons (Fsp3) is 0.850. The van der Waals surface area contributed by atoms with Gasteiger partial charge in [0.25, 0.3) is 7.82 Å². The Morgan fingerprint density at radius 1 is 0.706 bits per heavy atom. The molecule has 0 spiro atoms. The molecule has 4 atom stereocenters. The van der Waals surface area contributed by atoms with Crippen molar-refractivity contribution in [2.45, 2.75) is 173 Å². The van der Waals surface area contributed by atoms with Crippen molar-refractivity contribution >= 4 is 19.8 Å². The van der Waals surface area contributed by atoms with Gasteiger partial charge in [-0.15, -0.1) is 0 Å². The Balaban J connectivity index is 2.32. The summed E-state index contributed by atoms with van der Waals surface area (Å²) >= 11 is 0. The van der Waals surface area contributed by atoms with Gasteiger partial charge < -0.3 is 32.6 Å². The number of carbonyl (C=O) groups excluding carboxylic acids is 2. The summed E-state index contributed by atoms with van der Waals surface area (Å²) in [6, 6.07) is 0. The van der Waals surface area contributed by atoms with Crippen LogP contribution in [0.5, 0.6) is 0 Å². The first-order valence-electron chi connectivity index (χ1n) is 20.2. The van der Waals surface area contributed by atoms with E-state index >= 15 is 0 Å². The van der Waals surface area contributed by atoms with Crippen LogP contribution >= 0.6 is 7.82 Å². The SMILES string of the molecule is CCCC/C=C\CCCCCCCC(=O)O[C@H](COC(=O)CCCCCCCC1OC1C/C=C\CCCCC)COP(=O)([O-])OCC[N+](C)(C)C. The molecule has 0 aromatic heterocycles. The molecule has 0 radical (unpaired) electrons. The van der Waals surface area contributed by atoms with E-state index in [1.54, 1.807) is 0 Å². The number of nitrogens with zero attached hydrogens (tertiary/aromatic N) is 1. The molecule has 3 unspecified atom stereocenters. The number of quaternary nitrogens is 1. The van der Waals surface area contributed by atoms with Crippen LogP contribution < -0.4 is 4.89 Å². The van der Waals surface area contributed by atoms with Crippen LogP contribution in [-0.2, 0) is 37.4 Å². The van der Waals surface area contributed by atoms with E-state index in [0.29, 0.717) is 36.1 Å². The van der Waals surface area contributed by atoms with E-state index in [0.717, 1.165) is 83.5 Å². The molecule has 0 aromatic rings. The van der Waals surface area contributed by atoms with Crippen LogP contribution in [0.2, 0.25) is 0 Å². The Hall–Kier alpha value is -1.55. The molecule has 0 aromatic carbocycles. The molecule has 1 heterocycles. The van der Waals surface area contributed by atoms with E-state index in [9.17, 15) is 19.0 Å². The first-order chi connectivity index (χ1) is 24.5. The van der Waals surface area contributed by atoms with Gasteiger partial charge in [-0.3, -0.25) is 14.2 Å². The van der Waals surface area contributed by atoms with Crippen molar-refractivity contribution < 1.29 is 46.8 Å². The maximum absolute atomic E-state index is 12.6. The summed E-state index contributed by atoms with van der Waals surface area (Å²) < 4.78 is 39.6. The van der Waals surface area contributed by atoms with Gasteiger partial charge in [0.1, 0.15) is 19.8 Å². The first-order valence-corrected chi connectivity index (χ1v) is 21.6. The zero-order valence-electron chi connectivity index (χ0n) is 33.0. The molecule has 0 amide bonds. The lowest BCUT2D eigenvalue weighted by Crippen LogP contribution is -2.37. The average molecular weight is 744 g/mol. The molecule has 298 valence electrons. The zero-order valence-corrected chi connectivity index (χ0v) is 33.9. The van der Waals surface area contributed by atoms with Crippen LogP contribution in [0.1, 0.15) is 155 Å². The van der Waals surface area contributed by atoms with Crippen LogP contribution in [-0.4, -0.2) is 82.2 Å². The number of esters is 2. The Bertz CT molecular complexity index is 997. The van der Waals surface area contributed by atoms with Gasteiger partial charge in [-0.25, -0.2) is 0 Å². The molecule has 11 heteroatoms. The lowest BCUT2D eigenvalue weighted by molar-refractivity contribution is -0.870. The molecule has 1 aliphatic rings. The number of hydrogen-bond donors (Lipinski definition) is 0. The van der Waals surface area contributed by atoms with Gasteiger partial charge >= 0.3 is 11.9 Å². The molecule has 0 N–H and O–H groups in total. The monoisotopic (exact) mass is 744 g/mol. The molecular formula is C40H74NO9P. The second-order valence-electron chi connectivity index (χ2n) is 15.0. The number of ether oxygens (including phenoxy) is 3. The predicted molar refractivity (Wildman–Crippen MR) is 203 cm³/mol. The van der Waals surface area contributed by atoms with Gasteiger partial charge in [-0.05, 0) is 57.8 Å². The van der Waals surface area contributed by atoms with Crippen LogP contribution in [0.3, 0.4) is 0 Å². The standard InChI is InChI=1S/C40H74NO9P/c1-6-8-10-12-14-15-16-17-18-22-27-31-40(43)49-36(35-48-51(44,45)47-33-32-41(3,4)5)34-46-39(42)30-26-23-19-21-25-29-38-37(50-38)28-24-20-13-11-9-7-2/h12,14,20,24,36-38H,6-11,13,15-19,21-23,25-35H2,1-5H3/b14-12-,24-20-/t36-,37?,38?/m1/s1. The summed E-state index contributed by atoms with van der Waals surface area (Å²) in [4.78, 5) is 37.4. The van der Waals surface area contributed by atoms with Crippen LogP contribution in [0.25, 0.3) is 0 Å². The Morgan fingerprint density at radius 2 is 1.27 bits per heavy atom. The number of carbonyl (C=O) groups is 2. The molecule has 1 rings (SSSR count). The molecule has 51 heavy (non-hydrogen) atoms. The van der Waals surface area contributed by atoms with Crippen molar-refractivity contribution in [3.63, 3.8) is 0 Å². The van der Waals surface area contributed by atoms with E-state index in [4.69, 9.17) is 23.3 Å². The molecule has 1 saturated heterocycles. The number of phosphoric acid groups is 1. The molecular weight excluding hydrogens is 669 g/mol. The minimum absolute atomic E-state index is 0.0371. The fourth-order valence-electron chi connectivity index (χ4n) is 5.52. The Morgan fingerprint density at radius 3 is 1.94 bits per heavy atom. The third-order valence-corrected chi connectivity index (χ3v) is 9.83. The molecule has 0 bridgehead atoms. The van der Waals surface area contributed by atoms with Gasteiger partial charge in [-0.1, -0.05) is 109 Å². The normalized spacial score (nSPS) is 17.9. The third kappa shape index (κ3) is 30.6. The summed E-state index contributed by atoms with van der Waals surface area (Å²) in [7, 11) is 1.14. The fourth-order valence-corrected chi connectivity index (χ4v) is 6.25. The number of unbranched alkanes of at least 4 members (excludes halogenated alkanes) is 14. The summed E-state index contributed by atoms with van der Waals surface area (Å²) in [5.41, 5.74) is 0.